The lowest BCUT2D eigenvalue weighted by Crippen LogP contribution is -2.17. The fraction of sp³-hybridized carbons (Fsp3) is 0.478. The average Bonchev–Trinajstić information content (AvgIpc) is 3.30. The Bertz CT molecular complexity index is 843. The molecule has 2 aromatic rings. The highest BCUT2D eigenvalue weighted by molar-refractivity contribution is 8.01. The van der Waals surface area contributed by atoms with Gasteiger partial charge in [0.25, 0.3) is 0 Å². The van der Waals surface area contributed by atoms with E-state index in [1.54, 1.807) is 23.1 Å². The van der Waals surface area contributed by atoms with Crippen LogP contribution in [0.5, 0.6) is 0 Å². The van der Waals surface area contributed by atoms with E-state index in [2.05, 4.69) is 18.2 Å². The lowest BCUT2D eigenvalue weighted by Gasteiger charge is -2.15. The van der Waals surface area contributed by atoms with Gasteiger partial charge in [-0.05, 0) is 60.6 Å². The summed E-state index contributed by atoms with van der Waals surface area (Å²) in [5.41, 5.74) is 0. The van der Waals surface area contributed by atoms with Crippen LogP contribution < -0.4 is 0 Å². The van der Waals surface area contributed by atoms with Crippen molar-refractivity contribution in [3.8, 4) is 0 Å². The highest BCUT2D eigenvalue weighted by Crippen LogP contribution is 2.34. The number of aryl methyl sites for hydroxylation is 1. The highest BCUT2D eigenvalue weighted by Gasteiger charge is 2.33. The SMILES string of the molecule is O=C(O)CSCCCS[C@H]1C(=O)CC[C@@H]1/C=C/C(O)CCc1cc2ccccc2s1. The molecule has 30 heavy (non-hydrogen) atoms. The van der Waals surface area contributed by atoms with Crippen LogP contribution in [0.2, 0.25) is 0 Å². The van der Waals surface area contributed by atoms with Gasteiger partial charge < -0.3 is 10.2 Å². The number of aliphatic hydroxyl groups excluding tert-OH is 1. The number of hydrogen-bond acceptors (Lipinski definition) is 6. The van der Waals surface area contributed by atoms with E-state index in [1.807, 2.05) is 24.3 Å². The van der Waals surface area contributed by atoms with Crippen LogP contribution >= 0.6 is 34.9 Å². The van der Waals surface area contributed by atoms with Crippen molar-refractivity contribution in [1.82, 2.24) is 0 Å². The number of benzene rings is 1. The predicted molar refractivity (Wildman–Crippen MR) is 129 cm³/mol. The van der Waals surface area contributed by atoms with Crippen LogP contribution in [0.3, 0.4) is 0 Å². The first-order valence-electron chi connectivity index (χ1n) is 10.3. The second kappa shape index (κ2) is 11.9. The van der Waals surface area contributed by atoms with E-state index in [0.29, 0.717) is 18.6 Å². The molecule has 1 heterocycles. The number of thioether (sulfide) groups is 2. The van der Waals surface area contributed by atoms with E-state index < -0.39 is 12.1 Å². The van der Waals surface area contributed by atoms with Crippen LogP contribution in [0.4, 0.5) is 0 Å². The van der Waals surface area contributed by atoms with Crippen LogP contribution in [-0.4, -0.2) is 50.6 Å². The molecule has 0 amide bonds. The summed E-state index contributed by atoms with van der Waals surface area (Å²) in [6, 6.07) is 10.5. The van der Waals surface area contributed by atoms with Gasteiger partial charge in [0.15, 0.2) is 0 Å². The number of carbonyl (C=O) groups excluding carboxylic acids is 1. The summed E-state index contributed by atoms with van der Waals surface area (Å²) in [6.07, 6.45) is 7.31. The maximum Gasteiger partial charge on any atom is 0.313 e. The standard InChI is InChI=1S/C23H28O4S3/c24-18(9-10-19-14-17-4-1-2-5-21(17)30-19)8-6-16-7-11-20(25)23(16)29-13-3-12-28-15-22(26)27/h1-2,4-6,8,14,16,18,23-24H,3,7,9-13,15H2,(H,26,27)/b8-6+/t16-,18?,23+/m0/s1. The fourth-order valence-electron chi connectivity index (χ4n) is 3.60. The van der Waals surface area contributed by atoms with Crippen LogP contribution in [0.15, 0.2) is 42.5 Å². The Labute approximate surface area is 190 Å². The zero-order valence-electron chi connectivity index (χ0n) is 16.9. The maximum atomic E-state index is 12.2. The molecule has 0 radical (unpaired) electrons. The van der Waals surface area contributed by atoms with Crippen molar-refractivity contribution in [2.75, 3.05) is 17.3 Å². The van der Waals surface area contributed by atoms with Gasteiger partial charge in [0.2, 0.25) is 0 Å². The first-order chi connectivity index (χ1) is 14.5. The molecule has 1 fully saturated rings. The minimum atomic E-state index is -0.783. The second-order valence-electron chi connectivity index (χ2n) is 7.50. The number of hydrogen-bond donors (Lipinski definition) is 2. The van der Waals surface area contributed by atoms with Crippen LogP contribution in [-0.2, 0) is 16.0 Å². The Balaban J connectivity index is 1.41. The third kappa shape index (κ3) is 7.15. The zero-order chi connectivity index (χ0) is 21.3. The number of ketones is 1. The van der Waals surface area contributed by atoms with E-state index in [0.717, 1.165) is 30.8 Å². The van der Waals surface area contributed by atoms with Crippen molar-refractivity contribution in [3.05, 3.63) is 47.4 Å². The van der Waals surface area contributed by atoms with Crippen molar-refractivity contribution in [1.29, 1.82) is 0 Å². The molecule has 1 aliphatic rings. The molecule has 162 valence electrons. The van der Waals surface area contributed by atoms with Crippen molar-refractivity contribution in [3.63, 3.8) is 0 Å². The molecule has 1 unspecified atom stereocenters. The molecular weight excluding hydrogens is 436 g/mol. The van der Waals surface area contributed by atoms with Gasteiger partial charge in [-0.1, -0.05) is 30.4 Å². The highest BCUT2D eigenvalue weighted by atomic mass is 32.2. The number of carboxylic acid groups (broad SMARTS) is 1. The Morgan fingerprint density at radius 2 is 2.13 bits per heavy atom. The summed E-state index contributed by atoms with van der Waals surface area (Å²) < 4.78 is 1.28. The van der Waals surface area contributed by atoms with Crippen molar-refractivity contribution in [2.45, 2.75) is 43.5 Å². The van der Waals surface area contributed by atoms with Gasteiger partial charge in [-0.2, -0.15) is 11.8 Å². The van der Waals surface area contributed by atoms with Crippen LogP contribution in [0, 0.1) is 5.92 Å². The molecular formula is C23H28O4S3. The molecule has 3 rings (SSSR count). The largest absolute Gasteiger partial charge is 0.481 e. The molecule has 7 heteroatoms. The Hall–Kier alpha value is -1.28. The summed E-state index contributed by atoms with van der Waals surface area (Å²) in [6.45, 7) is 0. The number of fused-ring (bicyclic) bond motifs is 1. The van der Waals surface area contributed by atoms with Gasteiger partial charge in [0, 0.05) is 16.0 Å². The third-order valence-electron chi connectivity index (χ3n) is 5.13. The van der Waals surface area contributed by atoms with E-state index in [1.165, 1.54) is 26.7 Å². The molecule has 1 saturated carbocycles. The normalized spacial score (nSPS) is 20.4. The van der Waals surface area contributed by atoms with E-state index >= 15 is 0 Å². The first-order valence-corrected chi connectivity index (χ1v) is 13.3. The van der Waals surface area contributed by atoms with Gasteiger partial charge in [-0.3, -0.25) is 9.59 Å². The molecule has 0 saturated heterocycles. The zero-order valence-corrected chi connectivity index (χ0v) is 19.3. The van der Waals surface area contributed by atoms with Crippen LogP contribution in [0.25, 0.3) is 10.1 Å². The Morgan fingerprint density at radius 3 is 2.93 bits per heavy atom. The predicted octanol–water partition coefficient (Wildman–Crippen LogP) is 5.04. The molecule has 0 spiro atoms. The summed E-state index contributed by atoms with van der Waals surface area (Å²) >= 11 is 4.88. The van der Waals surface area contributed by atoms with Gasteiger partial charge in [0.05, 0.1) is 17.1 Å². The molecule has 4 nitrogen and oxygen atoms in total. The second-order valence-corrected chi connectivity index (χ2v) is 11.0. The molecule has 3 atom stereocenters. The number of thiophene rings is 1. The number of carboxylic acids is 1. The van der Waals surface area contributed by atoms with Gasteiger partial charge in [0.1, 0.15) is 5.78 Å². The van der Waals surface area contributed by atoms with Gasteiger partial charge >= 0.3 is 5.97 Å². The number of Topliss-reactive ketones (excluding diaryl/α,β-unsaturated/α-hetero) is 1. The first kappa shape index (κ1) is 23.4. The lowest BCUT2D eigenvalue weighted by molar-refractivity contribution is -0.133. The fourth-order valence-corrected chi connectivity index (χ4v) is 6.88. The number of rotatable bonds is 12. The summed E-state index contributed by atoms with van der Waals surface area (Å²) in [7, 11) is 0. The minimum absolute atomic E-state index is 0.0273. The van der Waals surface area contributed by atoms with E-state index in [4.69, 9.17) is 5.11 Å². The number of aliphatic carboxylic acids is 1. The van der Waals surface area contributed by atoms with Crippen molar-refractivity contribution in [2.24, 2.45) is 5.92 Å². The van der Waals surface area contributed by atoms with Crippen LogP contribution in [0.1, 0.15) is 30.6 Å². The lowest BCUT2D eigenvalue weighted by atomic mass is 10.0. The molecule has 0 aliphatic heterocycles. The van der Waals surface area contributed by atoms with Gasteiger partial charge in [-0.25, -0.2) is 0 Å². The van der Waals surface area contributed by atoms with Crippen molar-refractivity contribution >= 4 is 56.7 Å². The van der Waals surface area contributed by atoms with E-state index in [-0.39, 0.29) is 16.9 Å². The number of allylic oxidation sites excluding steroid dienone is 1. The molecule has 2 N–H and O–H groups in total. The Morgan fingerprint density at radius 1 is 1.30 bits per heavy atom. The smallest absolute Gasteiger partial charge is 0.313 e. The maximum absolute atomic E-state index is 12.2. The summed E-state index contributed by atoms with van der Waals surface area (Å²) in [5, 5.41) is 20.3. The number of carbonyl (C=O) groups is 2. The third-order valence-corrected chi connectivity index (χ3v) is 8.83. The van der Waals surface area contributed by atoms with Gasteiger partial charge in [-0.15, -0.1) is 23.1 Å². The quantitative estimate of drug-likeness (QED) is 0.339. The Kier molecular flexibility index (Phi) is 9.30. The topological polar surface area (TPSA) is 74.6 Å². The molecule has 1 aliphatic carbocycles. The van der Waals surface area contributed by atoms with Crippen molar-refractivity contribution < 1.29 is 19.8 Å². The molecule has 0 bridgehead atoms. The number of aliphatic hydroxyl groups is 1. The van der Waals surface area contributed by atoms with E-state index in [9.17, 15) is 14.7 Å². The monoisotopic (exact) mass is 464 g/mol. The average molecular weight is 465 g/mol. The minimum Gasteiger partial charge on any atom is -0.481 e. The summed E-state index contributed by atoms with van der Waals surface area (Å²) in [5.74, 6) is 1.51. The molecule has 1 aromatic carbocycles. The summed E-state index contributed by atoms with van der Waals surface area (Å²) in [4.78, 5) is 24.0. The molecule has 1 aromatic heterocycles.